The van der Waals surface area contributed by atoms with Crippen molar-refractivity contribution in [2.45, 2.75) is 18.9 Å². The lowest BCUT2D eigenvalue weighted by atomic mass is 10.2. The zero-order valence-corrected chi connectivity index (χ0v) is 13.9. The maximum absolute atomic E-state index is 14.0. The zero-order chi connectivity index (χ0) is 16.4. The van der Waals surface area contributed by atoms with Crippen molar-refractivity contribution in [3.63, 3.8) is 0 Å². The van der Waals surface area contributed by atoms with E-state index in [1.165, 1.54) is 10.6 Å². The monoisotopic (exact) mass is 353 g/mol. The molecule has 23 heavy (non-hydrogen) atoms. The molecule has 0 unspecified atom stereocenters. The maximum atomic E-state index is 14.0. The van der Waals surface area contributed by atoms with Gasteiger partial charge in [0.15, 0.2) is 3.95 Å². The minimum atomic E-state index is -0.445. The van der Waals surface area contributed by atoms with Crippen LogP contribution in [0.2, 0.25) is 0 Å². The largest absolute Gasteiger partial charge is 0.383 e. The fourth-order valence-corrected chi connectivity index (χ4v) is 3.77. The van der Waals surface area contributed by atoms with Crippen molar-refractivity contribution >= 4 is 35.3 Å². The summed E-state index contributed by atoms with van der Waals surface area (Å²) in [5, 5.41) is 2.80. The molecule has 2 heterocycles. The Bertz CT molecular complexity index is 781. The van der Waals surface area contributed by atoms with Crippen LogP contribution in [0.4, 0.5) is 10.2 Å². The van der Waals surface area contributed by atoms with Gasteiger partial charge in [-0.25, -0.2) is 4.39 Å². The summed E-state index contributed by atoms with van der Waals surface area (Å²) in [5.74, 6) is -0.612. The summed E-state index contributed by atoms with van der Waals surface area (Å²) in [6.07, 6.45) is 1.98. The predicted molar refractivity (Wildman–Crippen MR) is 90.2 cm³/mol. The summed E-state index contributed by atoms with van der Waals surface area (Å²) >= 11 is 6.31. The van der Waals surface area contributed by atoms with Gasteiger partial charge in [-0.3, -0.25) is 9.36 Å². The second-order valence-corrected chi connectivity index (χ2v) is 6.86. The summed E-state index contributed by atoms with van der Waals surface area (Å²) in [6, 6.07) is 6.17. The van der Waals surface area contributed by atoms with Crippen LogP contribution in [0, 0.1) is 9.77 Å². The Balaban J connectivity index is 1.84. The van der Waals surface area contributed by atoms with Crippen molar-refractivity contribution in [3.8, 4) is 5.69 Å². The SMILES string of the molecule is Nc1c(C(=O)NC[C@H]2CCCO2)sc(=S)n1-c1ccccc1F. The number of amides is 1. The molecule has 2 aromatic rings. The van der Waals surface area contributed by atoms with Gasteiger partial charge < -0.3 is 15.8 Å². The van der Waals surface area contributed by atoms with E-state index in [2.05, 4.69) is 5.32 Å². The summed E-state index contributed by atoms with van der Waals surface area (Å²) in [5.41, 5.74) is 6.28. The molecule has 1 aromatic carbocycles. The molecular formula is C15H16FN3O2S2. The molecule has 1 saturated heterocycles. The number of benzene rings is 1. The molecule has 5 nitrogen and oxygen atoms in total. The van der Waals surface area contributed by atoms with Gasteiger partial charge in [-0.2, -0.15) is 0 Å². The second-order valence-electron chi connectivity index (χ2n) is 5.21. The summed E-state index contributed by atoms with van der Waals surface area (Å²) in [4.78, 5) is 12.6. The van der Waals surface area contributed by atoms with Crippen LogP contribution in [0.25, 0.3) is 5.69 Å². The number of nitrogens with zero attached hydrogens (tertiary/aromatic N) is 1. The van der Waals surface area contributed by atoms with Crippen molar-refractivity contribution in [3.05, 3.63) is 38.9 Å². The number of anilines is 1. The lowest BCUT2D eigenvalue weighted by Crippen LogP contribution is -2.31. The van der Waals surface area contributed by atoms with Gasteiger partial charge in [0.25, 0.3) is 5.91 Å². The lowest BCUT2D eigenvalue weighted by Gasteiger charge is -2.11. The zero-order valence-electron chi connectivity index (χ0n) is 12.3. The van der Waals surface area contributed by atoms with Gasteiger partial charge in [0.05, 0.1) is 11.8 Å². The highest BCUT2D eigenvalue weighted by molar-refractivity contribution is 7.73. The lowest BCUT2D eigenvalue weighted by molar-refractivity contribution is 0.0861. The van der Waals surface area contributed by atoms with Crippen LogP contribution in [0.3, 0.4) is 0 Å². The molecule has 122 valence electrons. The smallest absolute Gasteiger partial charge is 0.265 e. The number of para-hydroxylation sites is 1. The number of aromatic nitrogens is 1. The van der Waals surface area contributed by atoms with Crippen molar-refractivity contribution in [1.29, 1.82) is 0 Å². The van der Waals surface area contributed by atoms with Crippen LogP contribution in [0.1, 0.15) is 22.5 Å². The highest BCUT2D eigenvalue weighted by Gasteiger charge is 2.21. The van der Waals surface area contributed by atoms with Crippen LogP contribution >= 0.6 is 23.6 Å². The molecule has 0 radical (unpaired) electrons. The molecule has 1 aromatic heterocycles. The normalized spacial score (nSPS) is 17.3. The number of hydrogen-bond donors (Lipinski definition) is 2. The summed E-state index contributed by atoms with van der Waals surface area (Å²) in [6.45, 7) is 1.16. The summed E-state index contributed by atoms with van der Waals surface area (Å²) in [7, 11) is 0. The van der Waals surface area contributed by atoms with E-state index in [0.29, 0.717) is 10.5 Å². The first-order chi connectivity index (χ1) is 11.1. The number of nitrogens with two attached hydrogens (primary N) is 1. The van der Waals surface area contributed by atoms with E-state index in [4.69, 9.17) is 22.7 Å². The number of thiazole rings is 1. The van der Waals surface area contributed by atoms with Gasteiger partial charge >= 0.3 is 0 Å². The first-order valence-electron chi connectivity index (χ1n) is 7.24. The highest BCUT2D eigenvalue weighted by Crippen LogP contribution is 2.27. The van der Waals surface area contributed by atoms with Crippen LogP contribution in [0.15, 0.2) is 24.3 Å². The Kier molecular flexibility index (Phi) is 4.74. The molecule has 8 heteroatoms. The third kappa shape index (κ3) is 3.29. The number of hydrogen-bond acceptors (Lipinski definition) is 5. The van der Waals surface area contributed by atoms with Crippen molar-refractivity contribution in [2.24, 2.45) is 0 Å². The number of carbonyl (C=O) groups excluding carboxylic acids is 1. The fraction of sp³-hybridized carbons (Fsp3) is 0.333. The summed E-state index contributed by atoms with van der Waals surface area (Å²) < 4.78 is 21.1. The molecule has 1 amide bonds. The topological polar surface area (TPSA) is 69.3 Å². The number of halogens is 1. The minimum Gasteiger partial charge on any atom is -0.383 e. The Morgan fingerprint density at radius 2 is 2.30 bits per heavy atom. The Morgan fingerprint density at radius 1 is 1.52 bits per heavy atom. The predicted octanol–water partition coefficient (Wildman–Crippen LogP) is 2.90. The van der Waals surface area contributed by atoms with Crippen LogP contribution in [-0.4, -0.2) is 29.7 Å². The van der Waals surface area contributed by atoms with E-state index in [9.17, 15) is 9.18 Å². The molecule has 0 saturated carbocycles. The Hall–Kier alpha value is -1.77. The number of rotatable bonds is 4. The van der Waals surface area contributed by atoms with E-state index in [-0.39, 0.29) is 28.4 Å². The van der Waals surface area contributed by atoms with E-state index in [0.717, 1.165) is 30.8 Å². The molecule has 0 bridgehead atoms. The van der Waals surface area contributed by atoms with E-state index >= 15 is 0 Å². The molecule has 3 rings (SSSR count). The highest BCUT2D eigenvalue weighted by atomic mass is 32.1. The third-order valence-electron chi connectivity index (χ3n) is 3.66. The first kappa shape index (κ1) is 16.1. The van der Waals surface area contributed by atoms with Gasteiger partial charge in [-0.15, -0.1) is 0 Å². The van der Waals surface area contributed by atoms with E-state index < -0.39 is 5.82 Å². The molecule has 1 aliphatic rings. The third-order valence-corrected chi connectivity index (χ3v) is 5.05. The molecule has 0 aliphatic carbocycles. The number of nitrogens with one attached hydrogen (secondary N) is 1. The molecule has 1 aliphatic heterocycles. The molecule has 1 atom stereocenters. The number of ether oxygens (including phenoxy) is 1. The molecular weight excluding hydrogens is 337 g/mol. The minimum absolute atomic E-state index is 0.0433. The van der Waals surface area contributed by atoms with Gasteiger partial charge in [0.1, 0.15) is 16.5 Å². The second kappa shape index (κ2) is 6.77. The molecule has 1 fully saturated rings. The van der Waals surface area contributed by atoms with Gasteiger partial charge in [-0.05, 0) is 37.2 Å². The van der Waals surface area contributed by atoms with Gasteiger partial charge in [-0.1, -0.05) is 23.5 Å². The average molecular weight is 353 g/mol. The standard InChI is InChI=1S/C15H16FN3O2S2/c16-10-5-1-2-6-11(10)19-13(17)12(23-15(19)22)14(20)18-8-9-4-3-7-21-9/h1-2,5-6,9H,3-4,7-8,17H2,(H,18,20)/t9-/m1/s1. The van der Waals surface area contributed by atoms with Gasteiger partial charge in [0.2, 0.25) is 0 Å². The van der Waals surface area contributed by atoms with Crippen molar-refractivity contribution in [1.82, 2.24) is 9.88 Å². The van der Waals surface area contributed by atoms with E-state index in [1.54, 1.807) is 18.2 Å². The Labute approximate surface area is 141 Å². The first-order valence-corrected chi connectivity index (χ1v) is 8.46. The van der Waals surface area contributed by atoms with Crippen LogP contribution in [0.5, 0.6) is 0 Å². The van der Waals surface area contributed by atoms with Crippen LogP contribution in [-0.2, 0) is 4.74 Å². The Morgan fingerprint density at radius 3 is 3.00 bits per heavy atom. The number of carbonyl (C=O) groups is 1. The quantitative estimate of drug-likeness (QED) is 0.830. The maximum Gasteiger partial charge on any atom is 0.265 e. The molecule has 3 N–H and O–H groups in total. The average Bonchev–Trinajstić information content (AvgIpc) is 3.14. The molecule has 0 spiro atoms. The van der Waals surface area contributed by atoms with Crippen molar-refractivity contribution < 1.29 is 13.9 Å². The number of nitrogen functional groups attached to an aromatic ring is 1. The van der Waals surface area contributed by atoms with E-state index in [1.807, 2.05) is 0 Å². The van der Waals surface area contributed by atoms with Crippen molar-refractivity contribution in [2.75, 3.05) is 18.9 Å². The van der Waals surface area contributed by atoms with Crippen LogP contribution < -0.4 is 11.1 Å². The van der Waals surface area contributed by atoms with Gasteiger partial charge in [0, 0.05) is 13.2 Å². The fourth-order valence-electron chi connectivity index (χ4n) is 2.50.